The molecular formula is C16H32N2O2. The molecule has 1 fully saturated rings. The van der Waals surface area contributed by atoms with Gasteiger partial charge in [-0.15, -0.1) is 0 Å². The second kappa shape index (κ2) is 7.41. The molecule has 0 aromatic carbocycles. The number of rotatable bonds is 7. The van der Waals surface area contributed by atoms with E-state index in [-0.39, 0.29) is 6.04 Å². The fraction of sp³-hybridized carbons (Fsp3) is 0.938. The van der Waals surface area contributed by atoms with Crippen molar-refractivity contribution >= 4 is 5.97 Å². The van der Waals surface area contributed by atoms with Gasteiger partial charge in [0.2, 0.25) is 0 Å². The molecule has 0 aromatic heterocycles. The summed E-state index contributed by atoms with van der Waals surface area (Å²) in [6.07, 6.45) is 4.14. The Balaban J connectivity index is 2.43. The van der Waals surface area contributed by atoms with Crippen molar-refractivity contribution in [1.29, 1.82) is 0 Å². The lowest BCUT2D eigenvalue weighted by atomic mass is 9.91. The fourth-order valence-electron chi connectivity index (χ4n) is 3.30. The number of likely N-dealkylation sites (tertiary alicyclic amines) is 1. The van der Waals surface area contributed by atoms with Crippen molar-refractivity contribution < 1.29 is 9.90 Å². The second-order valence-corrected chi connectivity index (χ2v) is 7.05. The van der Waals surface area contributed by atoms with Crippen LogP contribution in [-0.2, 0) is 4.79 Å². The molecule has 1 aliphatic heterocycles. The van der Waals surface area contributed by atoms with E-state index < -0.39 is 11.5 Å². The van der Waals surface area contributed by atoms with Crippen LogP contribution in [0, 0.1) is 5.92 Å². The minimum atomic E-state index is -0.805. The van der Waals surface area contributed by atoms with Gasteiger partial charge in [0.25, 0.3) is 0 Å². The van der Waals surface area contributed by atoms with E-state index >= 15 is 0 Å². The molecule has 2 N–H and O–H groups in total. The quantitative estimate of drug-likeness (QED) is 0.755. The Morgan fingerprint density at radius 1 is 1.45 bits per heavy atom. The van der Waals surface area contributed by atoms with Crippen LogP contribution in [0.15, 0.2) is 0 Å². The first-order chi connectivity index (χ1) is 9.24. The standard InChI is InChI=1S/C16H32N2O2/c1-12(2)17-16(5,15(19)20)8-6-9-18-10-7-13(3)11-14(18)4/h12-14,17H,6-11H2,1-5H3,(H,19,20). The summed E-state index contributed by atoms with van der Waals surface area (Å²) in [5.41, 5.74) is -0.805. The number of nitrogens with one attached hydrogen (secondary N) is 1. The fourth-order valence-corrected chi connectivity index (χ4v) is 3.30. The average Bonchev–Trinajstić information content (AvgIpc) is 2.30. The normalized spacial score (nSPS) is 27.5. The van der Waals surface area contributed by atoms with E-state index in [1.807, 2.05) is 13.8 Å². The Kier molecular flexibility index (Phi) is 6.46. The van der Waals surface area contributed by atoms with Gasteiger partial charge in [-0.2, -0.15) is 0 Å². The van der Waals surface area contributed by atoms with Gasteiger partial charge >= 0.3 is 5.97 Å². The maximum Gasteiger partial charge on any atom is 0.323 e. The van der Waals surface area contributed by atoms with Gasteiger partial charge in [0.15, 0.2) is 0 Å². The third-order valence-electron chi connectivity index (χ3n) is 4.48. The topological polar surface area (TPSA) is 52.6 Å². The van der Waals surface area contributed by atoms with Gasteiger partial charge in [0.1, 0.15) is 5.54 Å². The molecule has 20 heavy (non-hydrogen) atoms. The van der Waals surface area contributed by atoms with Crippen molar-refractivity contribution in [2.75, 3.05) is 13.1 Å². The Morgan fingerprint density at radius 2 is 2.10 bits per heavy atom. The van der Waals surface area contributed by atoms with E-state index in [9.17, 15) is 9.90 Å². The molecule has 4 heteroatoms. The molecular weight excluding hydrogens is 252 g/mol. The monoisotopic (exact) mass is 284 g/mol. The summed E-state index contributed by atoms with van der Waals surface area (Å²) in [7, 11) is 0. The summed E-state index contributed by atoms with van der Waals surface area (Å²) in [4.78, 5) is 14.0. The van der Waals surface area contributed by atoms with Crippen molar-refractivity contribution in [3.05, 3.63) is 0 Å². The zero-order chi connectivity index (χ0) is 15.3. The zero-order valence-corrected chi connectivity index (χ0v) is 13.8. The number of nitrogens with zero attached hydrogens (tertiary/aromatic N) is 1. The summed E-state index contributed by atoms with van der Waals surface area (Å²) >= 11 is 0. The van der Waals surface area contributed by atoms with Crippen LogP contribution < -0.4 is 5.32 Å². The largest absolute Gasteiger partial charge is 0.480 e. The highest BCUT2D eigenvalue weighted by atomic mass is 16.4. The first-order valence-corrected chi connectivity index (χ1v) is 7.99. The maximum atomic E-state index is 11.5. The van der Waals surface area contributed by atoms with Gasteiger partial charge in [0, 0.05) is 12.1 Å². The van der Waals surface area contributed by atoms with Crippen LogP contribution in [-0.4, -0.2) is 46.7 Å². The number of carboxylic acid groups (broad SMARTS) is 1. The highest BCUT2D eigenvalue weighted by Gasteiger charge is 2.33. The summed E-state index contributed by atoms with van der Waals surface area (Å²) in [6.45, 7) is 12.6. The van der Waals surface area contributed by atoms with Crippen molar-refractivity contribution in [2.24, 2.45) is 5.92 Å². The summed E-state index contributed by atoms with van der Waals surface area (Å²) in [6, 6.07) is 0.818. The van der Waals surface area contributed by atoms with Crippen molar-refractivity contribution in [3.8, 4) is 0 Å². The highest BCUT2D eigenvalue weighted by Crippen LogP contribution is 2.23. The van der Waals surface area contributed by atoms with Gasteiger partial charge in [-0.1, -0.05) is 6.92 Å². The van der Waals surface area contributed by atoms with E-state index in [0.29, 0.717) is 12.5 Å². The molecule has 0 amide bonds. The molecule has 0 aliphatic carbocycles. The van der Waals surface area contributed by atoms with Crippen LogP contribution in [0.5, 0.6) is 0 Å². The van der Waals surface area contributed by atoms with Crippen LogP contribution in [0.25, 0.3) is 0 Å². The first-order valence-electron chi connectivity index (χ1n) is 7.99. The molecule has 0 radical (unpaired) electrons. The van der Waals surface area contributed by atoms with Gasteiger partial charge in [0.05, 0.1) is 0 Å². The van der Waals surface area contributed by atoms with Crippen molar-refractivity contribution in [3.63, 3.8) is 0 Å². The molecule has 0 bridgehead atoms. The molecule has 1 saturated heterocycles. The average molecular weight is 284 g/mol. The Bertz CT molecular complexity index is 320. The van der Waals surface area contributed by atoms with Crippen LogP contribution in [0.2, 0.25) is 0 Å². The number of hydrogen-bond donors (Lipinski definition) is 2. The molecule has 118 valence electrons. The van der Waals surface area contributed by atoms with Gasteiger partial charge in [-0.25, -0.2) is 0 Å². The Labute approximate surface area is 123 Å². The second-order valence-electron chi connectivity index (χ2n) is 7.05. The Morgan fingerprint density at radius 3 is 2.60 bits per heavy atom. The lowest BCUT2D eigenvalue weighted by Crippen LogP contribution is -2.52. The molecule has 1 aliphatic rings. The van der Waals surface area contributed by atoms with Crippen molar-refractivity contribution in [2.45, 2.75) is 77.9 Å². The molecule has 0 aromatic rings. The third-order valence-corrected chi connectivity index (χ3v) is 4.48. The molecule has 1 heterocycles. The predicted molar refractivity (Wildman–Crippen MR) is 83.0 cm³/mol. The summed E-state index contributed by atoms with van der Waals surface area (Å²) in [5.74, 6) is 0.0830. The molecule has 0 saturated carbocycles. The number of carbonyl (C=O) groups is 1. The van der Waals surface area contributed by atoms with E-state index in [1.54, 1.807) is 6.92 Å². The van der Waals surface area contributed by atoms with Gasteiger partial charge in [-0.3, -0.25) is 10.1 Å². The number of aliphatic carboxylic acids is 1. The zero-order valence-electron chi connectivity index (χ0n) is 13.8. The van der Waals surface area contributed by atoms with Gasteiger partial charge in [-0.05, 0) is 72.4 Å². The third kappa shape index (κ3) is 5.06. The van der Waals surface area contributed by atoms with Crippen molar-refractivity contribution in [1.82, 2.24) is 10.2 Å². The van der Waals surface area contributed by atoms with E-state index in [0.717, 1.165) is 25.4 Å². The summed E-state index contributed by atoms with van der Waals surface area (Å²) in [5, 5.41) is 12.6. The molecule has 1 rings (SSSR count). The maximum absolute atomic E-state index is 11.5. The van der Waals surface area contributed by atoms with E-state index in [1.165, 1.54) is 12.8 Å². The highest BCUT2D eigenvalue weighted by molar-refractivity contribution is 5.78. The van der Waals surface area contributed by atoms with E-state index in [4.69, 9.17) is 0 Å². The SMILES string of the molecule is CC1CCN(CCCC(C)(NC(C)C)C(=O)O)C(C)C1. The number of carboxylic acids is 1. The van der Waals surface area contributed by atoms with Gasteiger partial charge < -0.3 is 10.0 Å². The van der Waals surface area contributed by atoms with E-state index in [2.05, 4.69) is 24.1 Å². The molecule has 3 atom stereocenters. The molecule has 4 nitrogen and oxygen atoms in total. The first kappa shape index (κ1) is 17.4. The molecule has 0 spiro atoms. The van der Waals surface area contributed by atoms with Crippen LogP contribution >= 0.6 is 0 Å². The minimum Gasteiger partial charge on any atom is -0.480 e. The number of piperidine rings is 1. The summed E-state index contributed by atoms with van der Waals surface area (Å²) < 4.78 is 0. The lowest BCUT2D eigenvalue weighted by molar-refractivity contribution is -0.144. The van der Waals surface area contributed by atoms with Crippen LogP contribution in [0.3, 0.4) is 0 Å². The minimum absolute atomic E-state index is 0.186. The lowest BCUT2D eigenvalue weighted by Gasteiger charge is -2.37. The predicted octanol–water partition coefficient (Wildman–Crippen LogP) is 2.73. The van der Waals surface area contributed by atoms with Crippen LogP contribution in [0.4, 0.5) is 0 Å². The molecule has 3 unspecified atom stereocenters. The van der Waals surface area contributed by atoms with Crippen LogP contribution in [0.1, 0.15) is 60.3 Å². The smallest absolute Gasteiger partial charge is 0.323 e. The Hall–Kier alpha value is -0.610. The number of hydrogen-bond acceptors (Lipinski definition) is 3.